The molecule has 0 unspecified atom stereocenters. The van der Waals surface area contributed by atoms with E-state index in [1.807, 2.05) is 60.1 Å². The summed E-state index contributed by atoms with van der Waals surface area (Å²) in [6, 6.07) is 14.1. The number of hydrogen-bond acceptors (Lipinski definition) is 4. The van der Waals surface area contributed by atoms with Gasteiger partial charge in [0.1, 0.15) is 5.01 Å². The molecule has 0 bridgehead atoms. The summed E-state index contributed by atoms with van der Waals surface area (Å²) < 4.78 is 0. The number of hydrogen-bond donors (Lipinski definition) is 1. The molecule has 22 heavy (non-hydrogen) atoms. The highest BCUT2D eigenvalue weighted by Gasteiger charge is 2.13. The summed E-state index contributed by atoms with van der Waals surface area (Å²) in [5.41, 5.74) is 1.91. The van der Waals surface area contributed by atoms with Crippen molar-refractivity contribution in [2.75, 3.05) is 0 Å². The van der Waals surface area contributed by atoms with Gasteiger partial charge in [-0.2, -0.15) is 0 Å². The highest BCUT2D eigenvalue weighted by Crippen LogP contribution is 2.23. The molecule has 0 aliphatic heterocycles. The van der Waals surface area contributed by atoms with Crippen molar-refractivity contribution in [2.24, 2.45) is 0 Å². The number of benzene rings is 1. The molecule has 0 spiro atoms. The Balaban J connectivity index is 1.62. The largest absolute Gasteiger partial charge is 0.348 e. The van der Waals surface area contributed by atoms with E-state index >= 15 is 0 Å². The highest BCUT2D eigenvalue weighted by atomic mass is 32.1. The van der Waals surface area contributed by atoms with Gasteiger partial charge >= 0.3 is 0 Å². The van der Waals surface area contributed by atoms with Crippen LogP contribution >= 0.6 is 22.7 Å². The van der Waals surface area contributed by atoms with Gasteiger partial charge in [-0.1, -0.05) is 36.4 Å². The second kappa shape index (κ2) is 6.85. The molecule has 1 amide bonds. The molecular formula is C17H16N2OS2. The number of nitrogens with one attached hydrogen (secondary N) is 1. The minimum absolute atomic E-state index is 0.00538. The van der Waals surface area contributed by atoms with E-state index < -0.39 is 0 Å². The molecule has 1 N–H and O–H groups in total. The minimum atomic E-state index is 0.00538. The van der Waals surface area contributed by atoms with Gasteiger partial charge in [0.15, 0.2) is 0 Å². The van der Waals surface area contributed by atoms with E-state index in [-0.39, 0.29) is 11.9 Å². The predicted octanol–water partition coefficient (Wildman–Crippen LogP) is 4.29. The first-order valence-electron chi connectivity index (χ1n) is 7.05. The van der Waals surface area contributed by atoms with Crippen LogP contribution in [0.4, 0.5) is 0 Å². The number of thiophene rings is 1. The third-order valence-electron chi connectivity index (χ3n) is 3.26. The van der Waals surface area contributed by atoms with Gasteiger partial charge in [-0.25, -0.2) is 4.98 Å². The van der Waals surface area contributed by atoms with E-state index in [0.29, 0.717) is 6.42 Å². The predicted molar refractivity (Wildman–Crippen MR) is 92.1 cm³/mol. The van der Waals surface area contributed by atoms with Crippen LogP contribution in [-0.2, 0) is 11.2 Å². The van der Waals surface area contributed by atoms with Crippen LogP contribution in [0.1, 0.15) is 23.5 Å². The Bertz CT molecular complexity index is 735. The normalized spacial score (nSPS) is 12.0. The van der Waals surface area contributed by atoms with E-state index in [0.717, 1.165) is 21.1 Å². The van der Waals surface area contributed by atoms with Gasteiger partial charge in [0.25, 0.3) is 0 Å². The highest BCUT2D eigenvalue weighted by molar-refractivity contribution is 7.13. The molecule has 5 heteroatoms. The molecule has 3 nitrogen and oxygen atoms in total. The van der Waals surface area contributed by atoms with Crippen molar-refractivity contribution in [1.29, 1.82) is 0 Å². The van der Waals surface area contributed by atoms with Crippen molar-refractivity contribution in [3.63, 3.8) is 0 Å². The van der Waals surface area contributed by atoms with Gasteiger partial charge in [0.2, 0.25) is 5.91 Å². The fraction of sp³-hybridized carbons (Fsp3) is 0.176. The molecule has 0 radical (unpaired) electrons. The Hall–Kier alpha value is -1.98. The Kier molecular flexibility index (Phi) is 4.65. The zero-order valence-corrected chi connectivity index (χ0v) is 13.8. The molecule has 0 saturated heterocycles. The third-order valence-corrected chi connectivity index (χ3v) is 5.26. The SMILES string of the molecule is C[C@H](NC(=O)Cc1csc(-c2ccccc2)n1)c1cccs1. The van der Waals surface area contributed by atoms with Crippen LogP contribution < -0.4 is 5.32 Å². The van der Waals surface area contributed by atoms with Crippen LogP contribution in [0.25, 0.3) is 10.6 Å². The van der Waals surface area contributed by atoms with E-state index in [9.17, 15) is 4.79 Å². The molecule has 3 aromatic rings. The molecule has 0 aliphatic rings. The van der Waals surface area contributed by atoms with Crippen LogP contribution in [0.3, 0.4) is 0 Å². The van der Waals surface area contributed by atoms with E-state index in [1.165, 1.54) is 0 Å². The van der Waals surface area contributed by atoms with Crippen molar-refractivity contribution in [2.45, 2.75) is 19.4 Å². The summed E-state index contributed by atoms with van der Waals surface area (Å²) in [5, 5.41) is 7.94. The van der Waals surface area contributed by atoms with Gasteiger partial charge in [0, 0.05) is 15.8 Å². The second-order valence-electron chi connectivity index (χ2n) is 4.99. The van der Waals surface area contributed by atoms with Gasteiger partial charge in [-0.3, -0.25) is 4.79 Å². The maximum absolute atomic E-state index is 12.1. The number of carbonyl (C=O) groups is 1. The molecule has 0 fully saturated rings. The number of thiazole rings is 1. The Morgan fingerprint density at radius 3 is 2.73 bits per heavy atom. The zero-order valence-electron chi connectivity index (χ0n) is 12.2. The fourth-order valence-corrected chi connectivity index (χ4v) is 3.73. The Labute approximate surface area is 137 Å². The molecule has 1 atom stereocenters. The topological polar surface area (TPSA) is 42.0 Å². The average Bonchev–Trinajstić information content (AvgIpc) is 3.19. The summed E-state index contributed by atoms with van der Waals surface area (Å²) in [7, 11) is 0. The summed E-state index contributed by atoms with van der Waals surface area (Å²) in [4.78, 5) is 17.8. The lowest BCUT2D eigenvalue weighted by atomic mass is 10.2. The Morgan fingerprint density at radius 1 is 1.18 bits per heavy atom. The first-order valence-corrected chi connectivity index (χ1v) is 8.81. The molecule has 0 aliphatic carbocycles. The lowest BCUT2D eigenvalue weighted by molar-refractivity contribution is -0.121. The molecule has 0 saturated carbocycles. The fourth-order valence-electron chi connectivity index (χ4n) is 2.17. The molecule has 3 rings (SSSR count). The van der Waals surface area contributed by atoms with Crippen LogP contribution in [-0.4, -0.2) is 10.9 Å². The number of rotatable bonds is 5. The number of carbonyl (C=O) groups excluding carboxylic acids is 1. The van der Waals surface area contributed by atoms with Crippen molar-refractivity contribution in [3.05, 3.63) is 63.8 Å². The summed E-state index contributed by atoms with van der Waals surface area (Å²) in [6.07, 6.45) is 0.319. The van der Waals surface area contributed by atoms with Gasteiger partial charge in [0.05, 0.1) is 18.2 Å². The molecule has 112 valence electrons. The molecule has 2 aromatic heterocycles. The number of amides is 1. The smallest absolute Gasteiger partial charge is 0.226 e. The maximum Gasteiger partial charge on any atom is 0.226 e. The lowest BCUT2D eigenvalue weighted by Crippen LogP contribution is -2.27. The van der Waals surface area contributed by atoms with Crippen molar-refractivity contribution in [1.82, 2.24) is 10.3 Å². The van der Waals surface area contributed by atoms with Crippen LogP contribution in [0.5, 0.6) is 0 Å². The van der Waals surface area contributed by atoms with Gasteiger partial charge < -0.3 is 5.32 Å². The molecule has 1 aromatic carbocycles. The monoisotopic (exact) mass is 328 g/mol. The summed E-state index contributed by atoms with van der Waals surface area (Å²) in [6.45, 7) is 2.00. The zero-order chi connectivity index (χ0) is 15.4. The van der Waals surface area contributed by atoms with Crippen LogP contribution in [0.15, 0.2) is 53.2 Å². The van der Waals surface area contributed by atoms with Crippen molar-refractivity contribution in [3.8, 4) is 10.6 Å². The Morgan fingerprint density at radius 2 is 2.00 bits per heavy atom. The van der Waals surface area contributed by atoms with E-state index in [1.54, 1.807) is 22.7 Å². The van der Waals surface area contributed by atoms with E-state index in [4.69, 9.17) is 0 Å². The number of nitrogens with zero attached hydrogens (tertiary/aromatic N) is 1. The number of aromatic nitrogens is 1. The van der Waals surface area contributed by atoms with Crippen LogP contribution in [0, 0.1) is 0 Å². The quantitative estimate of drug-likeness (QED) is 0.759. The second-order valence-corrected chi connectivity index (χ2v) is 6.83. The molecular weight excluding hydrogens is 312 g/mol. The summed E-state index contributed by atoms with van der Waals surface area (Å²) >= 11 is 3.22. The lowest BCUT2D eigenvalue weighted by Gasteiger charge is -2.11. The average molecular weight is 328 g/mol. The van der Waals surface area contributed by atoms with E-state index in [2.05, 4.69) is 10.3 Å². The van der Waals surface area contributed by atoms with Crippen LogP contribution in [0.2, 0.25) is 0 Å². The van der Waals surface area contributed by atoms with Gasteiger partial charge in [-0.15, -0.1) is 22.7 Å². The van der Waals surface area contributed by atoms with Crippen molar-refractivity contribution >= 4 is 28.6 Å². The minimum Gasteiger partial charge on any atom is -0.348 e. The third kappa shape index (κ3) is 3.61. The standard InChI is InChI=1S/C17H16N2OS2/c1-12(15-8-5-9-21-15)18-16(20)10-14-11-22-17(19-14)13-6-3-2-4-7-13/h2-9,11-12H,10H2,1H3,(H,18,20)/t12-/m0/s1. The maximum atomic E-state index is 12.1. The van der Waals surface area contributed by atoms with Gasteiger partial charge in [-0.05, 0) is 18.4 Å². The first kappa shape index (κ1) is 14.9. The first-order chi connectivity index (χ1) is 10.7. The molecule has 2 heterocycles. The summed E-state index contributed by atoms with van der Waals surface area (Å²) in [5.74, 6) is 0.00538. The van der Waals surface area contributed by atoms with Crippen molar-refractivity contribution < 1.29 is 4.79 Å².